The molecule has 2 heterocycles. The molecule has 2 rings (SSSR count). The summed E-state index contributed by atoms with van der Waals surface area (Å²) in [6, 6.07) is 5.53. The van der Waals surface area contributed by atoms with E-state index in [2.05, 4.69) is 10.3 Å². The van der Waals surface area contributed by atoms with Crippen LogP contribution in [-0.2, 0) is 0 Å². The van der Waals surface area contributed by atoms with Crippen LogP contribution in [-0.4, -0.2) is 33.0 Å². The van der Waals surface area contributed by atoms with Crippen molar-refractivity contribution in [2.45, 2.75) is 33.2 Å². The van der Waals surface area contributed by atoms with Crippen molar-refractivity contribution < 1.29 is 9.90 Å². The molecule has 0 aromatic carbocycles. The van der Waals surface area contributed by atoms with Gasteiger partial charge in [0, 0.05) is 25.0 Å². The van der Waals surface area contributed by atoms with Crippen molar-refractivity contribution in [2.24, 2.45) is 5.41 Å². The Morgan fingerprint density at radius 2 is 2.20 bits per heavy atom. The molecular formula is C15H21N3O2. The number of rotatable bonds is 4. The highest BCUT2D eigenvalue weighted by Gasteiger charge is 2.26. The predicted octanol–water partition coefficient (Wildman–Crippen LogP) is 1.86. The summed E-state index contributed by atoms with van der Waals surface area (Å²) in [6.07, 6.45) is 4.10. The van der Waals surface area contributed by atoms with E-state index >= 15 is 0 Å². The van der Waals surface area contributed by atoms with Crippen molar-refractivity contribution >= 4 is 11.6 Å². The van der Waals surface area contributed by atoms with Gasteiger partial charge in [-0.05, 0) is 24.0 Å². The second-order valence-electron chi connectivity index (χ2n) is 6.00. The molecule has 20 heavy (non-hydrogen) atoms. The van der Waals surface area contributed by atoms with E-state index in [9.17, 15) is 4.79 Å². The average molecular weight is 275 g/mol. The molecule has 1 unspecified atom stereocenters. The number of aromatic nitrogens is 2. The fourth-order valence-corrected chi connectivity index (χ4v) is 2.13. The van der Waals surface area contributed by atoms with E-state index in [1.54, 1.807) is 6.20 Å². The van der Waals surface area contributed by atoms with Crippen LogP contribution < -0.4 is 5.32 Å². The zero-order valence-electron chi connectivity index (χ0n) is 12.1. The van der Waals surface area contributed by atoms with Gasteiger partial charge in [0.05, 0.1) is 0 Å². The molecule has 0 aliphatic carbocycles. The maximum absolute atomic E-state index is 12.3. The smallest absolute Gasteiger partial charge is 0.271 e. The van der Waals surface area contributed by atoms with Gasteiger partial charge in [0.2, 0.25) is 0 Å². The van der Waals surface area contributed by atoms with E-state index in [0.29, 0.717) is 12.1 Å². The van der Waals surface area contributed by atoms with Gasteiger partial charge in [0.1, 0.15) is 11.3 Å². The minimum atomic E-state index is -0.206. The van der Waals surface area contributed by atoms with Crippen molar-refractivity contribution in [2.75, 3.05) is 6.61 Å². The number of hydrogen-bond acceptors (Lipinski definition) is 3. The number of carbonyl (C=O) groups excluding carboxylic acids is 1. The number of hydrogen-bond donors (Lipinski definition) is 2. The first-order valence-corrected chi connectivity index (χ1v) is 6.77. The van der Waals surface area contributed by atoms with Gasteiger partial charge in [-0.3, -0.25) is 4.79 Å². The highest BCUT2D eigenvalue weighted by Crippen LogP contribution is 2.22. The molecule has 108 valence electrons. The van der Waals surface area contributed by atoms with Crippen LogP contribution >= 0.6 is 0 Å². The number of carbonyl (C=O) groups is 1. The Hall–Kier alpha value is -1.88. The Kier molecular flexibility index (Phi) is 4.09. The van der Waals surface area contributed by atoms with E-state index in [-0.39, 0.29) is 24.0 Å². The van der Waals surface area contributed by atoms with Crippen LogP contribution in [0.15, 0.2) is 30.6 Å². The van der Waals surface area contributed by atoms with Crippen LogP contribution in [0.5, 0.6) is 0 Å². The average Bonchev–Trinajstić information content (AvgIpc) is 2.80. The van der Waals surface area contributed by atoms with Crippen molar-refractivity contribution in [3.8, 4) is 0 Å². The third kappa shape index (κ3) is 3.17. The van der Waals surface area contributed by atoms with Gasteiger partial charge < -0.3 is 14.8 Å². The monoisotopic (exact) mass is 275 g/mol. The van der Waals surface area contributed by atoms with E-state index in [1.165, 1.54) is 0 Å². The Morgan fingerprint density at radius 3 is 2.80 bits per heavy atom. The van der Waals surface area contributed by atoms with Gasteiger partial charge in [-0.2, -0.15) is 0 Å². The first kappa shape index (κ1) is 14.5. The van der Waals surface area contributed by atoms with Gasteiger partial charge >= 0.3 is 0 Å². The van der Waals surface area contributed by atoms with Gasteiger partial charge in [0.15, 0.2) is 0 Å². The second kappa shape index (κ2) is 5.63. The van der Waals surface area contributed by atoms with Gasteiger partial charge in [0.25, 0.3) is 5.91 Å². The lowest BCUT2D eigenvalue weighted by atomic mass is 9.85. The number of imidazole rings is 1. The lowest BCUT2D eigenvalue weighted by Crippen LogP contribution is -2.44. The van der Waals surface area contributed by atoms with Crippen molar-refractivity contribution in [1.29, 1.82) is 0 Å². The molecule has 2 aromatic heterocycles. The molecule has 1 amide bonds. The minimum Gasteiger partial charge on any atom is -0.396 e. The van der Waals surface area contributed by atoms with Crippen LogP contribution in [0.1, 0.15) is 37.7 Å². The van der Waals surface area contributed by atoms with Gasteiger partial charge in [-0.1, -0.05) is 26.8 Å². The molecule has 0 saturated carbocycles. The molecule has 1 atom stereocenters. The van der Waals surface area contributed by atoms with Crippen LogP contribution in [0.4, 0.5) is 0 Å². The highest BCUT2D eigenvalue weighted by atomic mass is 16.3. The standard InChI is InChI=1S/C15H21N3O2/c1-15(2,3)12(7-9-19)17-14(20)11-10-18-8-5-4-6-13(18)16-11/h4-6,8,10,12,19H,7,9H2,1-3H3,(H,17,20). The van der Waals surface area contributed by atoms with Crippen LogP contribution in [0.25, 0.3) is 5.65 Å². The Labute approximate surface area is 118 Å². The van der Waals surface area contributed by atoms with E-state index in [1.807, 2.05) is 49.6 Å². The summed E-state index contributed by atoms with van der Waals surface area (Å²) in [5.74, 6) is -0.206. The number of aliphatic hydroxyl groups excluding tert-OH is 1. The van der Waals surface area contributed by atoms with Crippen molar-refractivity contribution in [3.05, 3.63) is 36.3 Å². The molecule has 0 fully saturated rings. The topological polar surface area (TPSA) is 66.6 Å². The Morgan fingerprint density at radius 1 is 1.45 bits per heavy atom. The highest BCUT2D eigenvalue weighted by molar-refractivity contribution is 5.93. The molecule has 0 spiro atoms. The van der Waals surface area contributed by atoms with Gasteiger partial charge in [-0.15, -0.1) is 0 Å². The molecule has 5 nitrogen and oxygen atoms in total. The number of amides is 1. The molecule has 2 N–H and O–H groups in total. The van der Waals surface area contributed by atoms with Crippen molar-refractivity contribution in [1.82, 2.24) is 14.7 Å². The SMILES string of the molecule is CC(C)(C)C(CCO)NC(=O)c1cn2ccccc2n1. The van der Waals surface area contributed by atoms with E-state index < -0.39 is 0 Å². The Balaban J connectivity index is 2.18. The first-order valence-electron chi connectivity index (χ1n) is 6.77. The molecule has 2 aromatic rings. The van der Waals surface area contributed by atoms with E-state index in [4.69, 9.17) is 5.11 Å². The van der Waals surface area contributed by atoms with Crippen LogP contribution in [0, 0.1) is 5.41 Å². The maximum Gasteiger partial charge on any atom is 0.271 e. The number of fused-ring (bicyclic) bond motifs is 1. The molecule has 0 saturated heterocycles. The van der Waals surface area contributed by atoms with Crippen LogP contribution in [0.2, 0.25) is 0 Å². The zero-order chi connectivity index (χ0) is 14.8. The van der Waals surface area contributed by atoms with E-state index in [0.717, 1.165) is 5.65 Å². The summed E-state index contributed by atoms with van der Waals surface area (Å²) in [4.78, 5) is 16.6. The quantitative estimate of drug-likeness (QED) is 0.895. The fraction of sp³-hybridized carbons (Fsp3) is 0.467. The normalized spacial score (nSPS) is 13.4. The second-order valence-corrected chi connectivity index (χ2v) is 6.00. The fourth-order valence-electron chi connectivity index (χ4n) is 2.13. The summed E-state index contributed by atoms with van der Waals surface area (Å²) in [6.45, 7) is 6.17. The molecule has 0 aliphatic heterocycles. The summed E-state index contributed by atoms with van der Waals surface area (Å²) in [5.41, 5.74) is 1.02. The minimum absolute atomic E-state index is 0.0490. The summed E-state index contributed by atoms with van der Waals surface area (Å²) in [5, 5.41) is 12.1. The predicted molar refractivity (Wildman–Crippen MR) is 77.6 cm³/mol. The number of aliphatic hydroxyl groups is 1. The van der Waals surface area contributed by atoms with Crippen molar-refractivity contribution in [3.63, 3.8) is 0 Å². The molecule has 5 heteroatoms. The number of pyridine rings is 1. The summed E-state index contributed by atoms with van der Waals surface area (Å²) in [7, 11) is 0. The third-order valence-corrected chi connectivity index (χ3v) is 3.37. The number of nitrogens with zero attached hydrogens (tertiary/aromatic N) is 2. The zero-order valence-corrected chi connectivity index (χ0v) is 12.1. The molecular weight excluding hydrogens is 254 g/mol. The number of nitrogens with one attached hydrogen (secondary N) is 1. The maximum atomic E-state index is 12.3. The largest absolute Gasteiger partial charge is 0.396 e. The summed E-state index contributed by atoms with van der Waals surface area (Å²) < 4.78 is 1.81. The summed E-state index contributed by atoms with van der Waals surface area (Å²) >= 11 is 0. The molecule has 0 radical (unpaired) electrons. The van der Waals surface area contributed by atoms with Crippen LogP contribution in [0.3, 0.4) is 0 Å². The molecule has 0 aliphatic rings. The third-order valence-electron chi connectivity index (χ3n) is 3.37. The Bertz CT molecular complexity index is 565. The lowest BCUT2D eigenvalue weighted by molar-refractivity contribution is 0.0880. The van der Waals surface area contributed by atoms with Gasteiger partial charge in [-0.25, -0.2) is 4.98 Å². The first-order chi connectivity index (χ1) is 9.41. The molecule has 0 bridgehead atoms. The lowest BCUT2D eigenvalue weighted by Gasteiger charge is -2.30.